The Labute approximate surface area is 182 Å². The second kappa shape index (κ2) is 14.6. The molecule has 0 amide bonds. The molecule has 2 rings (SSSR count). The minimum atomic E-state index is 0.702. The summed E-state index contributed by atoms with van der Waals surface area (Å²) < 4.78 is 11.6. The predicted molar refractivity (Wildman–Crippen MR) is 125 cm³/mol. The molecule has 0 bridgehead atoms. The van der Waals surface area contributed by atoms with Crippen molar-refractivity contribution in [3.05, 3.63) is 49.3 Å². The second-order valence-electron chi connectivity index (χ2n) is 7.96. The van der Waals surface area contributed by atoms with E-state index < -0.39 is 0 Å². The summed E-state index contributed by atoms with van der Waals surface area (Å²) in [6.45, 7) is 9.74. The number of allylic oxidation sites excluding steroid dienone is 1. The van der Waals surface area contributed by atoms with Crippen molar-refractivity contribution in [1.29, 1.82) is 0 Å². The van der Waals surface area contributed by atoms with Gasteiger partial charge >= 0.3 is 0 Å². The van der Waals surface area contributed by atoms with Crippen LogP contribution in [0.3, 0.4) is 0 Å². The molecule has 1 atom stereocenters. The molecule has 0 spiro atoms. The zero-order valence-electron chi connectivity index (χ0n) is 18.8. The van der Waals surface area contributed by atoms with Crippen molar-refractivity contribution in [2.24, 2.45) is 5.92 Å². The molecular weight excluding hydrogens is 372 g/mol. The molecule has 0 aliphatic heterocycles. The van der Waals surface area contributed by atoms with E-state index in [4.69, 9.17) is 9.47 Å². The Morgan fingerprint density at radius 2 is 1.50 bits per heavy atom. The van der Waals surface area contributed by atoms with Gasteiger partial charge in [0.2, 0.25) is 0 Å². The molecule has 0 saturated heterocycles. The van der Waals surface area contributed by atoms with E-state index in [1.54, 1.807) is 12.4 Å². The van der Waals surface area contributed by atoms with Crippen molar-refractivity contribution in [3.8, 4) is 22.9 Å². The first-order valence-corrected chi connectivity index (χ1v) is 11.5. The number of hydrogen-bond acceptors (Lipinski definition) is 4. The van der Waals surface area contributed by atoms with Crippen LogP contribution in [0.4, 0.5) is 0 Å². The molecule has 1 aromatic carbocycles. The maximum atomic E-state index is 5.85. The largest absolute Gasteiger partial charge is 0.494 e. The van der Waals surface area contributed by atoms with Gasteiger partial charge in [0, 0.05) is 5.56 Å². The van der Waals surface area contributed by atoms with E-state index in [1.165, 1.54) is 38.5 Å². The Morgan fingerprint density at radius 3 is 2.20 bits per heavy atom. The molecule has 4 nitrogen and oxygen atoms in total. The van der Waals surface area contributed by atoms with Crippen LogP contribution in [0, 0.1) is 5.92 Å². The Bertz CT molecular complexity index is 698. The van der Waals surface area contributed by atoms with Gasteiger partial charge in [0.25, 0.3) is 0 Å². The number of nitrogens with zero attached hydrogens (tertiary/aromatic N) is 2. The summed E-state index contributed by atoms with van der Waals surface area (Å²) in [6, 6.07) is 7.99. The zero-order valence-corrected chi connectivity index (χ0v) is 18.8. The first-order chi connectivity index (χ1) is 14.7. The lowest BCUT2D eigenvalue weighted by molar-refractivity contribution is 0.292. The summed E-state index contributed by atoms with van der Waals surface area (Å²) in [5.41, 5.74) is 0.980. The molecule has 0 aliphatic carbocycles. The first kappa shape index (κ1) is 23.9. The standard InChI is InChI=1S/C26H38N2O2/c1-4-6-7-8-9-10-11-18-29-24-16-14-23(15-17-24)26-27-20-25(21-28-26)30-19-12-13-22(3)5-2/h4,14-17,20-22H,1,5-13,18-19H2,2-3H3. The summed E-state index contributed by atoms with van der Waals surface area (Å²) in [7, 11) is 0. The van der Waals surface area contributed by atoms with Gasteiger partial charge in [0.15, 0.2) is 11.6 Å². The minimum absolute atomic E-state index is 0.702. The van der Waals surface area contributed by atoms with Crippen molar-refractivity contribution in [3.63, 3.8) is 0 Å². The van der Waals surface area contributed by atoms with Crippen molar-refractivity contribution < 1.29 is 9.47 Å². The minimum Gasteiger partial charge on any atom is -0.494 e. The second-order valence-corrected chi connectivity index (χ2v) is 7.96. The Hall–Kier alpha value is -2.36. The quantitative estimate of drug-likeness (QED) is 0.216. The molecule has 0 saturated carbocycles. The highest BCUT2D eigenvalue weighted by atomic mass is 16.5. The van der Waals surface area contributed by atoms with Gasteiger partial charge in [0.1, 0.15) is 5.75 Å². The third-order valence-corrected chi connectivity index (χ3v) is 5.37. The van der Waals surface area contributed by atoms with E-state index in [0.29, 0.717) is 12.4 Å². The Kier molecular flexibility index (Phi) is 11.6. The van der Waals surface area contributed by atoms with Gasteiger partial charge < -0.3 is 9.47 Å². The van der Waals surface area contributed by atoms with Gasteiger partial charge in [-0.15, -0.1) is 6.58 Å². The fraction of sp³-hybridized carbons (Fsp3) is 0.538. The van der Waals surface area contributed by atoms with E-state index >= 15 is 0 Å². The molecule has 0 radical (unpaired) electrons. The van der Waals surface area contributed by atoms with Crippen LogP contribution in [0.5, 0.6) is 11.5 Å². The average Bonchev–Trinajstić information content (AvgIpc) is 2.79. The van der Waals surface area contributed by atoms with E-state index in [0.717, 1.165) is 48.8 Å². The normalized spacial score (nSPS) is 11.8. The maximum Gasteiger partial charge on any atom is 0.159 e. The van der Waals surface area contributed by atoms with Crippen LogP contribution < -0.4 is 9.47 Å². The van der Waals surface area contributed by atoms with Crippen LogP contribution in [0.1, 0.15) is 71.6 Å². The summed E-state index contributed by atoms with van der Waals surface area (Å²) in [6.07, 6.45) is 16.2. The third kappa shape index (κ3) is 9.43. The Morgan fingerprint density at radius 1 is 0.867 bits per heavy atom. The number of unbranched alkanes of at least 4 members (excludes halogenated alkanes) is 5. The van der Waals surface area contributed by atoms with Crippen LogP contribution in [0.2, 0.25) is 0 Å². The van der Waals surface area contributed by atoms with E-state index in [1.807, 2.05) is 30.3 Å². The van der Waals surface area contributed by atoms with E-state index in [9.17, 15) is 0 Å². The number of rotatable bonds is 16. The van der Waals surface area contributed by atoms with Gasteiger partial charge in [-0.25, -0.2) is 9.97 Å². The maximum absolute atomic E-state index is 5.85. The molecule has 1 aromatic heterocycles. The summed E-state index contributed by atoms with van der Waals surface area (Å²) in [4.78, 5) is 8.89. The number of benzene rings is 1. The van der Waals surface area contributed by atoms with E-state index in [2.05, 4.69) is 30.4 Å². The van der Waals surface area contributed by atoms with Gasteiger partial charge in [-0.1, -0.05) is 45.6 Å². The predicted octanol–water partition coefficient (Wildman–Crippen LogP) is 7.25. The van der Waals surface area contributed by atoms with Crippen LogP contribution in [-0.2, 0) is 0 Å². The highest BCUT2D eigenvalue weighted by Crippen LogP contribution is 2.21. The molecule has 1 heterocycles. The topological polar surface area (TPSA) is 44.2 Å². The fourth-order valence-corrected chi connectivity index (χ4v) is 3.18. The van der Waals surface area contributed by atoms with Crippen molar-refractivity contribution in [2.75, 3.05) is 13.2 Å². The molecular formula is C26H38N2O2. The van der Waals surface area contributed by atoms with Gasteiger partial charge in [0.05, 0.1) is 25.6 Å². The van der Waals surface area contributed by atoms with Gasteiger partial charge in [-0.3, -0.25) is 0 Å². The molecule has 0 fully saturated rings. The van der Waals surface area contributed by atoms with Crippen molar-refractivity contribution >= 4 is 0 Å². The lowest BCUT2D eigenvalue weighted by Gasteiger charge is -2.09. The summed E-state index contributed by atoms with van der Waals surface area (Å²) in [5.74, 6) is 3.08. The smallest absolute Gasteiger partial charge is 0.159 e. The molecule has 0 N–H and O–H groups in total. The lowest BCUT2D eigenvalue weighted by atomic mass is 10.0. The van der Waals surface area contributed by atoms with Crippen molar-refractivity contribution in [1.82, 2.24) is 9.97 Å². The number of ether oxygens (including phenoxy) is 2. The average molecular weight is 411 g/mol. The van der Waals surface area contributed by atoms with Crippen LogP contribution in [0.15, 0.2) is 49.3 Å². The monoisotopic (exact) mass is 410 g/mol. The highest BCUT2D eigenvalue weighted by Gasteiger charge is 2.04. The molecule has 164 valence electrons. The van der Waals surface area contributed by atoms with Gasteiger partial charge in [-0.05, 0) is 62.3 Å². The van der Waals surface area contributed by atoms with Gasteiger partial charge in [-0.2, -0.15) is 0 Å². The molecule has 2 aromatic rings. The lowest BCUT2D eigenvalue weighted by Crippen LogP contribution is -2.02. The summed E-state index contributed by atoms with van der Waals surface area (Å²) in [5, 5.41) is 0. The number of hydrogen-bond donors (Lipinski definition) is 0. The number of aromatic nitrogens is 2. The van der Waals surface area contributed by atoms with Crippen molar-refractivity contribution in [2.45, 2.75) is 71.6 Å². The first-order valence-electron chi connectivity index (χ1n) is 11.5. The summed E-state index contributed by atoms with van der Waals surface area (Å²) >= 11 is 0. The fourth-order valence-electron chi connectivity index (χ4n) is 3.18. The molecule has 30 heavy (non-hydrogen) atoms. The highest BCUT2D eigenvalue weighted by molar-refractivity contribution is 5.56. The zero-order chi connectivity index (χ0) is 21.4. The van der Waals surface area contributed by atoms with Crippen LogP contribution in [0.25, 0.3) is 11.4 Å². The van der Waals surface area contributed by atoms with Crippen LogP contribution >= 0.6 is 0 Å². The Balaban J connectivity index is 1.68. The molecule has 4 heteroatoms. The SMILES string of the molecule is C=CCCCCCCCOc1ccc(-c2ncc(OCCCC(C)CC)cn2)cc1. The van der Waals surface area contributed by atoms with E-state index in [-0.39, 0.29) is 0 Å². The molecule has 1 unspecified atom stereocenters. The van der Waals surface area contributed by atoms with Crippen LogP contribution in [-0.4, -0.2) is 23.2 Å². The molecule has 0 aliphatic rings. The third-order valence-electron chi connectivity index (χ3n) is 5.37.